The molecule has 5 rings (SSSR count). The smallest absolute Gasteiger partial charge is 0.337 e. The number of halogens is 1. The Kier molecular flexibility index (Phi) is 6.56. The highest BCUT2D eigenvalue weighted by molar-refractivity contribution is 5.94. The number of carboxylic acids is 1. The van der Waals surface area contributed by atoms with Crippen LogP contribution >= 0.6 is 0 Å². The number of aromatic carboxylic acids is 1. The molecule has 7 nitrogen and oxygen atoms in total. The zero-order valence-electron chi connectivity index (χ0n) is 20.0. The second kappa shape index (κ2) is 9.77. The number of rotatable bonds is 6. The van der Waals surface area contributed by atoms with Crippen LogP contribution in [0, 0.1) is 24.6 Å². The first-order chi connectivity index (χ1) is 16.9. The van der Waals surface area contributed by atoms with Crippen LogP contribution in [0.3, 0.4) is 0 Å². The first-order valence-corrected chi connectivity index (χ1v) is 12.4. The van der Waals surface area contributed by atoms with Gasteiger partial charge in [0.25, 0.3) is 0 Å². The number of aryl methyl sites for hydroxylation is 1. The minimum absolute atomic E-state index is 0.0710. The molecule has 2 saturated heterocycles. The van der Waals surface area contributed by atoms with Gasteiger partial charge in [-0.2, -0.15) is 0 Å². The van der Waals surface area contributed by atoms with Gasteiger partial charge in [0.2, 0.25) is 5.91 Å². The number of hydrogen-bond donors (Lipinski definition) is 2. The Hall–Kier alpha value is -3.26. The summed E-state index contributed by atoms with van der Waals surface area (Å²) < 4.78 is 15.7. The van der Waals surface area contributed by atoms with Crippen LogP contribution in [0.1, 0.15) is 47.2 Å². The van der Waals surface area contributed by atoms with Crippen LogP contribution in [0.15, 0.2) is 36.8 Å². The zero-order valence-corrected chi connectivity index (χ0v) is 20.0. The van der Waals surface area contributed by atoms with Gasteiger partial charge in [-0.3, -0.25) is 9.78 Å². The Bertz CT molecular complexity index is 1270. The summed E-state index contributed by atoms with van der Waals surface area (Å²) in [6, 6.07) is 3.88. The van der Waals surface area contributed by atoms with E-state index >= 15 is 0 Å². The lowest BCUT2D eigenvalue weighted by atomic mass is 9.97. The van der Waals surface area contributed by atoms with E-state index < -0.39 is 11.8 Å². The van der Waals surface area contributed by atoms with Crippen LogP contribution in [0.5, 0.6) is 0 Å². The van der Waals surface area contributed by atoms with Crippen molar-refractivity contribution in [1.82, 2.24) is 19.8 Å². The van der Waals surface area contributed by atoms with E-state index in [0.29, 0.717) is 23.9 Å². The third-order valence-corrected chi connectivity index (χ3v) is 7.48. The van der Waals surface area contributed by atoms with E-state index in [9.17, 15) is 19.1 Å². The molecule has 0 radical (unpaired) electrons. The van der Waals surface area contributed by atoms with Gasteiger partial charge >= 0.3 is 5.97 Å². The van der Waals surface area contributed by atoms with Crippen molar-refractivity contribution in [2.75, 3.05) is 26.2 Å². The molecule has 35 heavy (non-hydrogen) atoms. The number of aromatic nitrogens is 2. The van der Waals surface area contributed by atoms with E-state index in [1.807, 2.05) is 23.9 Å². The minimum atomic E-state index is -1.16. The lowest BCUT2D eigenvalue weighted by Gasteiger charge is -2.22. The first kappa shape index (κ1) is 23.5. The summed E-state index contributed by atoms with van der Waals surface area (Å²) in [5.74, 6) is -0.516. The molecule has 2 N–H and O–H groups in total. The van der Waals surface area contributed by atoms with Gasteiger partial charge < -0.3 is 19.9 Å². The van der Waals surface area contributed by atoms with Crippen LogP contribution in [0.4, 0.5) is 4.39 Å². The molecule has 2 fully saturated rings. The summed E-state index contributed by atoms with van der Waals surface area (Å²) >= 11 is 0. The van der Waals surface area contributed by atoms with E-state index in [1.54, 1.807) is 6.20 Å². The third kappa shape index (κ3) is 4.93. The minimum Gasteiger partial charge on any atom is -0.478 e. The number of fused-ring (bicyclic) bond motifs is 1. The van der Waals surface area contributed by atoms with Crippen LogP contribution < -0.4 is 5.32 Å². The number of carbonyl (C=O) groups excluding carboxylic acids is 1. The molecule has 2 aromatic heterocycles. The second-order valence-electron chi connectivity index (χ2n) is 10.0. The van der Waals surface area contributed by atoms with E-state index in [-0.39, 0.29) is 11.5 Å². The maximum atomic E-state index is 13.8. The largest absolute Gasteiger partial charge is 0.478 e. The van der Waals surface area contributed by atoms with Crippen molar-refractivity contribution in [1.29, 1.82) is 0 Å². The first-order valence-electron chi connectivity index (χ1n) is 12.4. The van der Waals surface area contributed by atoms with Crippen molar-refractivity contribution in [2.24, 2.45) is 11.8 Å². The predicted molar refractivity (Wildman–Crippen MR) is 131 cm³/mol. The average molecular weight is 479 g/mol. The number of carboxylic acid groups (broad SMARTS) is 1. The molecule has 8 heteroatoms. The van der Waals surface area contributed by atoms with Gasteiger partial charge in [-0.15, -0.1) is 0 Å². The standard InChI is InChI=1S/C27H31FN4O3/c1-17-12-29-13-24-26(17)20(16-32(24)23-4-3-21(28)11-22(23)27(34)35)10-19-7-9-31(15-19)14-18-2-5-25(33)30-8-6-18/h3-4,11-13,16,18-19H,2,5-10,14-15H2,1H3,(H,30,33)(H,34,35)/t18?,19-/m0/s1. The molecule has 2 aliphatic rings. The highest BCUT2D eigenvalue weighted by atomic mass is 19.1. The van der Waals surface area contributed by atoms with Gasteiger partial charge in [0, 0.05) is 43.8 Å². The highest BCUT2D eigenvalue weighted by Gasteiger charge is 2.27. The highest BCUT2D eigenvalue weighted by Crippen LogP contribution is 2.32. The number of likely N-dealkylation sites (tertiary alicyclic amines) is 1. The summed E-state index contributed by atoms with van der Waals surface area (Å²) in [6.45, 7) is 5.91. The number of carbonyl (C=O) groups is 2. The Morgan fingerprint density at radius 2 is 2.09 bits per heavy atom. The fourth-order valence-electron chi connectivity index (χ4n) is 5.77. The van der Waals surface area contributed by atoms with Crippen molar-refractivity contribution in [3.63, 3.8) is 0 Å². The molecule has 0 spiro atoms. The number of nitrogens with zero attached hydrogens (tertiary/aromatic N) is 3. The summed E-state index contributed by atoms with van der Waals surface area (Å²) in [5, 5.41) is 13.7. The average Bonchev–Trinajstić information content (AvgIpc) is 3.36. The Labute approximate surface area is 203 Å². The Morgan fingerprint density at radius 3 is 2.91 bits per heavy atom. The van der Waals surface area contributed by atoms with Gasteiger partial charge in [-0.1, -0.05) is 0 Å². The van der Waals surface area contributed by atoms with Crippen molar-refractivity contribution >= 4 is 22.8 Å². The van der Waals surface area contributed by atoms with E-state index in [1.165, 1.54) is 12.1 Å². The Morgan fingerprint density at radius 1 is 1.23 bits per heavy atom. The van der Waals surface area contributed by atoms with Crippen molar-refractivity contribution in [2.45, 2.75) is 39.0 Å². The topological polar surface area (TPSA) is 87.5 Å². The summed E-state index contributed by atoms with van der Waals surface area (Å²) in [5.41, 5.74) is 3.41. The molecule has 0 aliphatic carbocycles. The monoisotopic (exact) mass is 478 g/mol. The molecule has 4 heterocycles. The number of amides is 1. The molecule has 0 bridgehead atoms. The van der Waals surface area contributed by atoms with E-state index in [0.717, 1.165) is 80.0 Å². The summed E-state index contributed by atoms with van der Waals surface area (Å²) in [6.07, 6.45) is 10.2. The molecule has 1 amide bonds. The zero-order chi connectivity index (χ0) is 24.5. The molecule has 1 unspecified atom stereocenters. The summed E-state index contributed by atoms with van der Waals surface area (Å²) in [4.78, 5) is 30.4. The molecule has 2 atom stereocenters. The van der Waals surface area contributed by atoms with Gasteiger partial charge in [-0.05, 0) is 80.3 Å². The predicted octanol–water partition coefficient (Wildman–Crippen LogP) is 3.95. The van der Waals surface area contributed by atoms with Gasteiger partial charge in [0.1, 0.15) is 5.82 Å². The number of nitrogens with one attached hydrogen (secondary N) is 1. The lowest BCUT2D eigenvalue weighted by molar-refractivity contribution is -0.120. The summed E-state index contributed by atoms with van der Waals surface area (Å²) in [7, 11) is 0. The molecule has 1 aromatic carbocycles. The molecular weight excluding hydrogens is 447 g/mol. The molecule has 184 valence electrons. The molecular formula is C27H31FN4O3. The van der Waals surface area contributed by atoms with E-state index in [2.05, 4.69) is 15.2 Å². The molecule has 0 saturated carbocycles. The number of benzene rings is 1. The number of hydrogen-bond acceptors (Lipinski definition) is 4. The molecule has 3 aromatic rings. The van der Waals surface area contributed by atoms with Gasteiger partial charge in [0.05, 0.1) is 23.0 Å². The van der Waals surface area contributed by atoms with Gasteiger partial charge in [-0.25, -0.2) is 9.18 Å². The van der Waals surface area contributed by atoms with Crippen LogP contribution in [-0.4, -0.2) is 57.6 Å². The third-order valence-electron chi connectivity index (χ3n) is 7.48. The van der Waals surface area contributed by atoms with E-state index in [4.69, 9.17) is 0 Å². The Balaban J connectivity index is 1.38. The number of pyridine rings is 1. The SMILES string of the molecule is Cc1cncc2c1c(C[C@@H]1CCN(CC3CCNC(=O)CC3)C1)cn2-c1ccc(F)cc1C(=O)O. The quantitative estimate of drug-likeness (QED) is 0.560. The maximum Gasteiger partial charge on any atom is 0.337 e. The second-order valence-corrected chi connectivity index (χ2v) is 10.0. The van der Waals surface area contributed by atoms with Crippen LogP contribution in [0.25, 0.3) is 16.6 Å². The van der Waals surface area contributed by atoms with Crippen molar-refractivity contribution in [3.8, 4) is 5.69 Å². The fraction of sp³-hybridized carbons (Fsp3) is 0.444. The molecule has 2 aliphatic heterocycles. The van der Waals surface area contributed by atoms with Crippen molar-refractivity contribution in [3.05, 3.63) is 59.3 Å². The maximum absolute atomic E-state index is 13.8. The van der Waals surface area contributed by atoms with Crippen LogP contribution in [-0.2, 0) is 11.2 Å². The lowest BCUT2D eigenvalue weighted by Crippen LogP contribution is -2.28. The van der Waals surface area contributed by atoms with Crippen molar-refractivity contribution < 1.29 is 19.1 Å². The van der Waals surface area contributed by atoms with Crippen LogP contribution in [0.2, 0.25) is 0 Å². The fourth-order valence-corrected chi connectivity index (χ4v) is 5.77. The normalized spacial score (nSPS) is 21.3. The van der Waals surface area contributed by atoms with Gasteiger partial charge in [0.15, 0.2) is 0 Å².